The molecule has 0 radical (unpaired) electrons. The third kappa shape index (κ3) is 24.9. The highest BCUT2D eigenvalue weighted by atomic mass is 16.3. The smallest absolute Gasteiger partial charge is 0.0431 e. The number of rotatable bonds is 12. The fourth-order valence-corrected chi connectivity index (χ4v) is 1.33. The second-order valence-electron chi connectivity index (χ2n) is 4.32. The van der Waals surface area contributed by atoms with Crippen molar-refractivity contribution in [3.8, 4) is 0 Å². The van der Waals surface area contributed by atoms with Gasteiger partial charge in [-0.1, -0.05) is 20.3 Å². The predicted molar refractivity (Wildman–Crippen MR) is 79.0 cm³/mol. The van der Waals surface area contributed by atoms with Crippen LogP contribution in [0.1, 0.15) is 52.4 Å². The zero-order valence-electron chi connectivity index (χ0n) is 12.4. The van der Waals surface area contributed by atoms with Gasteiger partial charge in [-0.05, 0) is 58.3 Å². The zero-order valence-corrected chi connectivity index (χ0v) is 12.4. The molecule has 0 aliphatic rings. The van der Waals surface area contributed by atoms with E-state index in [2.05, 4.69) is 24.5 Å². The second kappa shape index (κ2) is 22.1. The first-order valence-corrected chi connectivity index (χ1v) is 7.46. The van der Waals surface area contributed by atoms with Gasteiger partial charge in [0.1, 0.15) is 0 Å². The monoisotopic (exact) mass is 262 g/mol. The normalized spacial score (nSPS) is 10.0. The SMILES string of the molecule is CCCCNCCCCO.CCNCCCCO. The summed E-state index contributed by atoms with van der Waals surface area (Å²) in [6.45, 7) is 9.18. The van der Waals surface area contributed by atoms with Crippen LogP contribution in [0, 0.1) is 0 Å². The molecule has 4 N–H and O–H groups in total. The minimum absolute atomic E-state index is 0.325. The summed E-state index contributed by atoms with van der Waals surface area (Å²) in [6.07, 6.45) is 6.56. The standard InChI is InChI=1S/C8H19NO.C6H15NO/c1-2-3-6-9-7-4-5-8-10;1-2-7-5-3-4-6-8/h9-10H,2-8H2,1H3;7-8H,2-6H2,1H3. The van der Waals surface area contributed by atoms with Gasteiger partial charge in [-0.3, -0.25) is 0 Å². The maximum absolute atomic E-state index is 8.44. The van der Waals surface area contributed by atoms with Crippen LogP contribution in [0.3, 0.4) is 0 Å². The van der Waals surface area contributed by atoms with E-state index in [1.54, 1.807) is 0 Å². The molecular formula is C14H34N2O2. The number of hydrogen-bond acceptors (Lipinski definition) is 4. The molecule has 0 rings (SSSR count). The van der Waals surface area contributed by atoms with E-state index in [0.29, 0.717) is 13.2 Å². The molecule has 4 heteroatoms. The van der Waals surface area contributed by atoms with Crippen molar-refractivity contribution in [1.29, 1.82) is 0 Å². The van der Waals surface area contributed by atoms with Crippen molar-refractivity contribution in [2.75, 3.05) is 39.4 Å². The molecule has 0 unspecified atom stereocenters. The van der Waals surface area contributed by atoms with E-state index in [9.17, 15) is 0 Å². The summed E-state index contributed by atoms with van der Waals surface area (Å²) < 4.78 is 0. The molecule has 0 aliphatic heterocycles. The van der Waals surface area contributed by atoms with Gasteiger partial charge in [0.2, 0.25) is 0 Å². The summed E-state index contributed by atoms with van der Waals surface area (Å²) in [5.41, 5.74) is 0. The van der Waals surface area contributed by atoms with Crippen molar-refractivity contribution in [3.63, 3.8) is 0 Å². The molecule has 112 valence electrons. The highest BCUT2D eigenvalue weighted by Crippen LogP contribution is 1.86. The number of nitrogens with one attached hydrogen (secondary N) is 2. The van der Waals surface area contributed by atoms with Crippen molar-refractivity contribution in [2.24, 2.45) is 0 Å². The molecule has 0 aromatic rings. The van der Waals surface area contributed by atoms with E-state index >= 15 is 0 Å². The first-order valence-electron chi connectivity index (χ1n) is 7.46. The Hall–Kier alpha value is -0.160. The lowest BCUT2D eigenvalue weighted by Gasteiger charge is -2.01. The average Bonchev–Trinajstić information content (AvgIpc) is 2.40. The Balaban J connectivity index is 0. The van der Waals surface area contributed by atoms with Crippen LogP contribution >= 0.6 is 0 Å². The summed E-state index contributed by atoms with van der Waals surface area (Å²) in [7, 11) is 0. The van der Waals surface area contributed by atoms with Crippen LogP contribution in [0.5, 0.6) is 0 Å². The van der Waals surface area contributed by atoms with E-state index in [0.717, 1.165) is 51.9 Å². The summed E-state index contributed by atoms with van der Waals surface area (Å²) >= 11 is 0. The minimum Gasteiger partial charge on any atom is -0.396 e. The lowest BCUT2D eigenvalue weighted by Crippen LogP contribution is -2.16. The topological polar surface area (TPSA) is 64.5 Å². The van der Waals surface area contributed by atoms with Crippen LogP contribution in [0.2, 0.25) is 0 Å². The fourth-order valence-electron chi connectivity index (χ4n) is 1.33. The molecule has 0 amide bonds. The predicted octanol–water partition coefficient (Wildman–Crippen LogP) is 1.52. The highest BCUT2D eigenvalue weighted by Gasteiger charge is 1.86. The molecule has 4 nitrogen and oxygen atoms in total. The molecule has 0 spiro atoms. The molecule has 0 heterocycles. The Bertz CT molecular complexity index is 110. The Kier molecular flexibility index (Phi) is 24.7. The lowest BCUT2D eigenvalue weighted by atomic mass is 10.3. The first kappa shape index (κ1) is 20.2. The van der Waals surface area contributed by atoms with Gasteiger partial charge in [-0.15, -0.1) is 0 Å². The van der Waals surface area contributed by atoms with Crippen LogP contribution in [-0.2, 0) is 0 Å². The maximum atomic E-state index is 8.44. The van der Waals surface area contributed by atoms with Crippen molar-refractivity contribution in [3.05, 3.63) is 0 Å². The summed E-state index contributed by atoms with van der Waals surface area (Å²) in [4.78, 5) is 0. The maximum Gasteiger partial charge on any atom is 0.0431 e. The van der Waals surface area contributed by atoms with E-state index in [4.69, 9.17) is 10.2 Å². The van der Waals surface area contributed by atoms with Gasteiger partial charge >= 0.3 is 0 Å². The van der Waals surface area contributed by atoms with Gasteiger partial charge in [0.25, 0.3) is 0 Å². The van der Waals surface area contributed by atoms with E-state index in [1.165, 1.54) is 12.8 Å². The molecule has 0 saturated carbocycles. The Labute approximate surface area is 113 Å². The Morgan fingerprint density at radius 1 is 0.667 bits per heavy atom. The molecule has 0 fully saturated rings. The van der Waals surface area contributed by atoms with Gasteiger partial charge in [0, 0.05) is 13.2 Å². The highest BCUT2D eigenvalue weighted by molar-refractivity contribution is 4.46. The van der Waals surface area contributed by atoms with Crippen molar-refractivity contribution in [2.45, 2.75) is 52.4 Å². The lowest BCUT2D eigenvalue weighted by molar-refractivity contribution is 0.283. The summed E-state index contributed by atoms with van der Waals surface area (Å²) in [5, 5.41) is 23.3. The second-order valence-corrected chi connectivity index (χ2v) is 4.32. The number of aliphatic hydroxyl groups excluding tert-OH is 2. The third-order valence-corrected chi connectivity index (χ3v) is 2.48. The van der Waals surface area contributed by atoms with Crippen molar-refractivity contribution >= 4 is 0 Å². The molecule has 0 saturated heterocycles. The summed E-state index contributed by atoms with van der Waals surface area (Å²) in [5.74, 6) is 0. The van der Waals surface area contributed by atoms with Crippen LogP contribution < -0.4 is 10.6 Å². The molecule has 0 aromatic heterocycles. The van der Waals surface area contributed by atoms with Crippen LogP contribution in [0.25, 0.3) is 0 Å². The van der Waals surface area contributed by atoms with Crippen LogP contribution in [0.15, 0.2) is 0 Å². The van der Waals surface area contributed by atoms with Gasteiger partial charge in [0.05, 0.1) is 0 Å². The fraction of sp³-hybridized carbons (Fsp3) is 1.00. The zero-order chi connectivity index (χ0) is 13.9. The third-order valence-electron chi connectivity index (χ3n) is 2.48. The molecule has 0 aliphatic carbocycles. The molecule has 18 heavy (non-hydrogen) atoms. The molecule has 0 aromatic carbocycles. The van der Waals surface area contributed by atoms with Crippen LogP contribution in [-0.4, -0.2) is 49.6 Å². The Morgan fingerprint density at radius 3 is 1.61 bits per heavy atom. The average molecular weight is 262 g/mol. The number of hydrogen-bond donors (Lipinski definition) is 4. The van der Waals surface area contributed by atoms with Gasteiger partial charge in [-0.25, -0.2) is 0 Å². The molecule has 0 atom stereocenters. The molecular weight excluding hydrogens is 228 g/mol. The van der Waals surface area contributed by atoms with Crippen LogP contribution in [0.4, 0.5) is 0 Å². The van der Waals surface area contributed by atoms with Gasteiger partial charge < -0.3 is 20.8 Å². The van der Waals surface area contributed by atoms with Gasteiger partial charge in [-0.2, -0.15) is 0 Å². The number of aliphatic hydroxyl groups is 2. The van der Waals surface area contributed by atoms with Crippen molar-refractivity contribution in [1.82, 2.24) is 10.6 Å². The largest absolute Gasteiger partial charge is 0.396 e. The molecule has 0 bridgehead atoms. The first-order chi connectivity index (χ1) is 8.83. The van der Waals surface area contributed by atoms with E-state index in [1.807, 2.05) is 0 Å². The van der Waals surface area contributed by atoms with Crippen molar-refractivity contribution < 1.29 is 10.2 Å². The summed E-state index contributed by atoms with van der Waals surface area (Å²) in [6, 6.07) is 0. The minimum atomic E-state index is 0.325. The number of unbranched alkanes of at least 4 members (excludes halogenated alkanes) is 3. The van der Waals surface area contributed by atoms with Gasteiger partial charge in [0.15, 0.2) is 0 Å². The van der Waals surface area contributed by atoms with E-state index in [-0.39, 0.29) is 0 Å². The van der Waals surface area contributed by atoms with E-state index < -0.39 is 0 Å². The Morgan fingerprint density at radius 2 is 1.17 bits per heavy atom. The quantitative estimate of drug-likeness (QED) is 0.403.